The largest absolute Gasteiger partial charge is 0.507 e. The van der Waals surface area contributed by atoms with Crippen molar-refractivity contribution < 1.29 is 25.5 Å². The Morgan fingerprint density at radius 1 is 0.727 bits per heavy atom. The highest BCUT2D eigenvalue weighted by atomic mass is 16.3. The molecule has 0 heterocycles. The van der Waals surface area contributed by atoms with Crippen molar-refractivity contribution >= 4 is 0 Å². The number of phenols is 3. The molecule has 118 valence electrons. The molecule has 5 nitrogen and oxygen atoms in total. The van der Waals surface area contributed by atoms with Crippen LogP contribution in [0.25, 0.3) is 0 Å². The van der Waals surface area contributed by atoms with Gasteiger partial charge in [-0.25, -0.2) is 0 Å². The van der Waals surface area contributed by atoms with E-state index < -0.39 is 6.61 Å². The van der Waals surface area contributed by atoms with Gasteiger partial charge in [-0.15, -0.1) is 0 Å². The van der Waals surface area contributed by atoms with Gasteiger partial charge in [-0.3, -0.25) is 0 Å². The highest BCUT2D eigenvalue weighted by Crippen LogP contribution is 2.35. The molecule has 0 spiro atoms. The summed E-state index contributed by atoms with van der Waals surface area (Å²) in [5.41, 5.74) is 3.10. The summed E-state index contributed by atoms with van der Waals surface area (Å²) in [6.07, 6.45) is 0.355. The van der Waals surface area contributed by atoms with Crippen molar-refractivity contribution in [1.82, 2.24) is 0 Å². The fourth-order valence-corrected chi connectivity index (χ4v) is 2.60. The molecule has 5 heteroatoms. The van der Waals surface area contributed by atoms with Crippen molar-refractivity contribution in [3.05, 3.63) is 51.6 Å². The smallest absolute Gasteiger partial charge is 0.128 e. The summed E-state index contributed by atoms with van der Waals surface area (Å²) in [6, 6.07) is 5.10. The fraction of sp³-hybridized carbons (Fsp3) is 0.294. The average Bonchev–Trinajstić information content (AvgIpc) is 2.49. The molecule has 0 aliphatic heterocycles. The van der Waals surface area contributed by atoms with Gasteiger partial charge in [0.1, 0.15) is 17.2 Å². The summed E-state index contributed by atoms with van der Waals surface area (Å²) in [7, 11) is 0. The van der Waals surface area contributed by atoms with Gasteiger partial charge in [0.15, 0.2) is 0 Å². The molecule has 0 amide bonds. The van der Waals surface area contributed by atoms with Crippen LogP contribution >= 0.6 is 0 Å². The van der Waals surface area contributed by atoms with Crippen LogP contribution in [-0.2, 0) is 19.6 Å². The Labute approximate surface area is 128 Å². The average molecular weight is 304 g/mol. The molecule has 0 aromatic heterocycles. The SMILES string of the molecule is Cc1cc(Cc2cc(C)c(O)c(CO)c2O)cc(CO)c1O. The van der Waals surface area contributed by atoms with Crippen molar-refractivity contribution in [3.63, 3.8) is 0 Å². The van der Waals surface area contributed by atoms with Crippen LogP contribution in [-0.4, -0.2) is 25.5 Å². The van der Waals surface area contributed by atoms with Crippen molar-refractivity contribution in [3.8, 4) is 17.2 Å². The second kappa shape index (κ2) is 6.25. The van der Waals surface area contributed by atoms with Crippen LogP contribution in [0.15, 0.2) is 18.2 Å². The lowest BCUT2D eigenvalue weighted by Crippen LogP contribution is -1.98. The summed E-state index contributed by atoms with van der Waals surface area (Å²) in [4.78, 5) is 0. The first-order valence-electron chi connectivity index (χ1n) is 6.95. The standard InChI is InChI=1S/C17H20O5/c1-9-3-11(6-13(7-18)15(9)20)5-12-4-10(2)16(21)14(8-19)17(12)22/h3-4,6,18-22H,5,7-8H2,1-2H3. The molecule has 0 bridgehead atoms. The van der Waals surface area contributed by atoms with Crippen LogP contribution < -0.4 is 0 Å². The predicted molar refractivity (Wildman–Crippen MR) is 82.0 cm³/mol. The number of aryl methyl sites for hydroxylation is 2. The molecule has 0 aliphatic carbocycles. The van der Waals surface area contributed by atoms with Gasteiger partial charge in [-0.1, -0.05) is 6.07 Å². The third kappa shape index (κ3) is 2.86. The van der Waals surface area contributed by atoms with Gasteiger partial charge in [0, 0.05) is 12.0 Å². The minimum Gasteiger partial charge on any atom is -0.507 e. The van der Waals surface area contributed by atoms with Gasteiger partial charge in [-0.05, 0) is 48.2 Å². The molecule has 5 N–H and O–H groups in total. The monoisotopic (exact) mass is 304 g/mol. The van der Waals surface area contributed by atoms with E-state index in [1.165, 1.54) is 0 Å². The Morgan fingerprint density at radius 2 is 1.36 bits per heavy atom. The van der Waals surface area contributed by atoms with Crippen LogP contribution in [0.4, 0.5) is 0 Å². The zero-order chi connectivity index (χ0) is 16.4. The van der Waals surface area contributed by atoms with Crippen molar-refractivity contribution in [2.75, 3.05) is 0 Å². The Morgan fingerprint density at radius 3 is 1.95 bits per heavy atom. The maximum Gasteiger partial charge on any atom is 0.128 e. The zero-order valence-electron chi connectivity index (χ0n) is 12.6. The van der Waals surface area contributed by atoms with E-state index in [1.807, 2.05) is 0 Å². The maximum atomic E-state index is 10.2. The number of aliphatic hydroxyl groups is 2. The van der Waals surface area contributed by atoms with Gasteiger partial charge < -0.3 is 25.5 Å². The van der Waals surface area contributed by atoms with Gasteiger partial charge in [0.25, 0.3) is 0 Å². The van der Waals surface area contributed by atoms with E-state index in [4.69, 9.17) is 0 Å². The number of aromatic hydroxyl groups is 3. The third-order valence-electron chi connectivity index (χ3n) is 3.80. The number of hydrogen-bond acceptors (Lipinski definition) is 5. The van der Waals surface area contributed by atoms with E-state index in [2.05, 4.69) is 0 Å². The van der Waals surface area contributed by atoms with E-state index in [1.54, 1.807) is 32.0 Å². The number of benzene rings is 2. The van der Waals surface area contributed by atoms with Crippen LogP contribution in [0.5, 0.6) is 17.2 Å². The Kier molecular flexibility index (Phi) is 4.59. The first-order chi connectivity index (χ1) is 10.4. The van der Waals surface area contributed by atoms with E-state index in [0.717, 1.165) is 5.56 Å². The van der Waals surface area contributed by atoms with Crippen molar-refractivity contribution in [2.45, 2.75) is 33.5 Å². The normalized spacial score (nSPS) is 10.9. The second-order valence-electron chi connectivity index (χ2n) is 5.44. The Balaban J connectivity index is 2.48. The number of rotatable bonds is 4. The topological polar surface area (TPSA) is 101 Å². The summed E-state index contributed by atoms with van der Waals surface area (Å²) >= 11 is 0. The summed E-state index contributed by atoms with van der Waals surface area (Å²) in [5, 5.41) is 48.4. The molecule has 0 fully saturated rings. The highest BCUT2D eigenvalue weighted by Gasteiger charge is 2.16. The molecule has 0 radical (unpaired) electrons. The van der Waals surface area contributed by atoms with Crippen LogP contribution in [0, 0.1) is 13.8 Å². The van der Waals surface area contributed by atoms with E-state index >= 15 is 0 Å². The quantitative estimate of drug-likeness (QED) is 0.595. The number of aliphatic hydroxyl groups excluding tert-OH is 2. The molecule has 0 atom stereocenters. The third-order valence-corrected chi connectivity index (χ3v) is 3.80. The zero-order valence-corrected chi connectivity index (χ0v) is 12.6. The second-order valence-corrected chi connectivity index (χ2v) is 5.44. The Hall–Kier alpha value is -2.24. The van der Waals surface area contributed by atoms with Crippen molar-refractivity contribution in [2.24, 2.45) is 0 Å². The molecule has 2 rings (SSSR count). The summed E-state index contributed by atoms with van der Waals surface area (Å²) < 4.78 is 0. The van der Waals surface area contributed by atoms with Crippen LogP contribution in [0.1, 0.15) is 33.4 Å². The summed E-state index contributed by atoms with van der Waals surface area (Å²) in [5.74, 6) is -0.183. The lowest BCUT2D eigenvalue weighted by atomic mass is 9.95. The molecule has 2 aromatic carbocycles. The van der Waals surface area contributed by atoms with E-state index in [9.17, 15) is 25.5 Å². The molecule has 0 saturated heterocycles. The lowest BCUT2D eigenvalue weighted by molar-refractivity contribution is 0.268. The minimum absolute atomic E-state index is 0.0633. The lowest BCUT2D eigenvalue weighted by Gasteiger charge is -2.14. The summed E-state index contributed by atoms with van der Waals surface area (Å²) in [6.45, 7) is 2.70. The van der Waals surface area contributed by atoms with Gasteiger partial charge in [0.05, 0.1) is 18.8 Å². The first-order valence-corrected chi connectivity index (χ1v) is 6.95. The fourth-order valence-electron chi connectivity index (χ4n) is 2.60. The molecular weight excluding hydrogens is 284 g/mol. The molecule has 22 heavy (non-hydrogen) atoms. The highest BCUT2D eigenvalue weighted by molar-refractivity contribution is 5.54. The Bertz CT molecular complexity index is 707. The minimum atomic E-state index is -0.456. The molecule has 0 saturated carbocycles. The molecule has 2 aromatic rings. The van der Waals surface area contributed by atoms with Crippen LogP contribution in [0.3, 0.4) is 0 Å². The van der Waals surface area contributed by atoms with Gasteiger partial charge in [-0.2, -0.15) is 0 Å². The molecule has 0 aliphatic rings. The van der Waals surface area contributed by atoms with E-state index in [0.29, 0.717) is 28.7 Å². The van der Waals surface area contributed by atoms with Gasteiger partial charge >= 0.3 is 0 Å². The van der Waals surface area contributed by atoms with E-state index in [-0.39, 0.29) is 29.4 Å². The first kappa shape index (κ1) is 16.1. The molecule has 0 unspecified atom stereocenters. The molecular formula is C17H20O5. The predicted octanol–water partition coefficient (Wildman–Crippen LogP) is 2.00. The maximum absolute atomic E-state index is 10.2. The van der Waals surface area contributed by atoms with Crippen molar-refractivity contribution in [1.29, 1.82) is 0 Å². The van der Waals surface area contributed by atoms with Gasteiger partial charge in [0.2, 0.25) is 0 Å². The van der Waals surface area contributed by atoms with Crippen LogP contribution in [0.2, 0.25) is 0 Å². The number of hydrogen-bond donors (Lipinski definition) is 5.